The zero-order chi connectivity index (χ0) is 13.1. The Morgan fingerprint density at radius 3 is 2.79 bits per heavy atom. The van der Waals surface area contributed by atoms with Crippen molar-refractivity contribution in [3.05, 3.63) is 47.7 Å². The highest BCUT2D eigenvalue weighted by atomic mass is 16.2. The lowest BCUT2D eigenvalue weighted by atomic mass is 9.96. The van der Waals surface area contributed by atoms with Crippen LogP contribution >= 0.6 is 0 Å². The molecule has 0 saturated heterocycles. The van der Waals surface area contributed by atoms with Crippen LogP contribution in [0.2, 0.25) is 0 Å². The van der Waals surface area contributed by atoms with Gasteiger partial charge in [0.05, 0.1) is 6.42 Å². The van der Waals surface area contributed by atoms with Crippen molar-refractivity contribution in [2.24, 2.45) is 11.8 Å². The first-order valence-electron chi connectivity index (χ1n) is 7.08. The highest BCUT2D eigenvalue weighted by Gasteiger charge is 2.35. The van der Waals surface area contributed by atoms with E-state index in [1.165, 1.54) is 31.3 Å². The van der Waals surface area contributed by atoms with Crippen LogP contribution in [0.15, 0.2) is 42.1 Å². The van der Waals surface area contributed by atoms with Crippen LogP contribution in [0, 0.1) is 11.8 Å². The van der Waals surface area contributed by atoms with Gasteiger partial charge in [-0.1, -0.05) is 30.3 Å². The normalized spacial score (nSPS) is 26.6. The van der Waals surface area contributed by atoms with E-state index in [1.54, 1.807) is 0 Å². The largest absolute Gasteiger partial charge is 0.306 e. The summed E-state index contributed by atoms with van der Waals surface area (Å²) < 4.78 is 0. The number of nitrogens with one attached hydrogen (secondary N) is 2. The standard InChI is InChI=1S/C16H20N2O/c19-16(10-12-4-2-1-3-5-12)18-17-11-15-9-13-6-7-14(15)8-13/h1-5,11,13-14,17H,6-10H2,(H,18,19)/b15-11-/t13-,14-/m0/s1. The van der Waals surface area contributed by atoms with Crippen LogP contribution < -0.4 is 10.9 Å². The maximum atomic E-state index is 11.7. The van der Waals surface area contributed by atoms with Gasteiger partial charge in [0.2, 0.25) is 5.91 Å². The van der Waals surface area contributed by atoms with Gasteiger partial charge in [0.1, 0.15) is 0 Å². The van der Waals surface area contributed by atoms with Gasteiger partial charge in [-0.25, -0.2) is 0 Å². The molecular weight excluding hydrogens is 236 g/mol. The summed E-state index contributed by atoms with van der Waals surface area (Å²) in [4.78, 5) is 11.7. The molecule has 19 heavy (non-hydrogen) atoms. The highest BCUT2D eigenvalue weighted by molar-refractivity contribution is 5.78. The Balaban J connectivity index is 1.45. The molecule has 0 spiro atoms. The number of allylic oxidation sites excluding steroid dienone is 1. The predicted molar refractivity (Wildman–Crippen MR) is 75.0 cm³/mol. The zero-order valence-electron chi connectivity index (χ0n) is 11.1. The number of carbonyl (C=O) groups excluding carboxylic acids is 1. The van der Waals surface area contributed by atoms with Crippen molar-refractivity contribution in [3.8, 4) is 0 Å². The zero-order valence-corrected chi connectivity index (χ0v) is 11.1. The Kier molecular flexibility index (Phi) is 3.53. The summed E-state index contributed by atoms with van der Waals surface area (Å²) in [6.45, 7) is 0. The lowest BCUT2D eigenvalue weighted by Gasteiger charge is -2.13. The molecule has 100 valence electrons. The molecule has 2 aliphatic carbocycles. The van der Waals surface area contributed by atoms with Gasteiger partial charge < -0.3 is 5.43 Å². The van der Waals surface area contributed by atoms with Crippen molar-refractivity contribution in [2.45, 2.75) is 32.1 Å². The van der Waals surface area contributed by atoms with Gasteiger partial charge in [-0.2, -0.15) is 0 Å². The van der Waals surface area contributed by atoms with Crippen LogP contribution in [-0.2, 0) is 11.2 Å². The minimum atomic E-state index is 0.00575. The molecule has 2 saturated carbocycles. The third-order valence-corrected chi connectivity index (χ3v) is 4.27. The van der Waals surface area contributed by atoms with Crippen molar-refractivity contribution in [3.63, 3.8) is 0 Å². The summed E-state index contributed by atoms with van der Waals surface area (Å²) in [7, 11) is 0. The second-order valence-electron chi connectivity index (χ2n) is 5.65. The monoisotopic (exact) mass is 256 g/mol. The lowest BCUT2D eigenvalue weighted by molar-refractivity contribution is -0.121. The van der Waals surface area contributed by atoms with E-state index in [2.05, 4.69) is 10.9 Å². The van der Waals surface area contributed by atoms with Crippen molar-refractivity contribution in [2.75, 3.05) is 0 Å². The van der Waals surface area contributed by atoms with Gasteiger partial charge >= 0.3 is 0 Å². The summed E-state index contributed by atoms with van der Waals surface area (Å²) >= 11 is 0. The third-order valence-electron chi connectivity index (χ3n) is 4.27. The SMILES string of the molecule is O=C(Cc1ccccc1)NN/C=C1/C[C@H]2CC[C@H]1C2. The Labute approximate surface area is 114 Å². The van der Waals surface area contributed by atoms with Crippen molar-refractivity contribution in [1.29, 1.82) is 0 Å². The van der Waals surface area contributed by atoms with E-state index in [9.17, 15) is 4.79 Å². The fourth-order valence-corrected chi connectivity index (χ4v) is 3.31. The molecule has 0 aliphatic heterocycles. The molecule has 2 N–H and O–H groups in total. The molecule has 3 heteroatoms. The number of rotatable bonds is 4. The number of hydrogen-bond donors (Lipinski definition) is 2. The summed E-state index contributed by atoms with van der Waals surface area (Å²) in [6, 6.07) is 9.79. The summed E-state index contributed by atoms with van der Waals surface area (Å²) in [5, 5.41) is 0. The van der Waals surface area contributed by atoms with Gasteiger partial charge in [0, 0.05) is 6.20 Å². The Bertz CT molecular complexity index is 481. The average molecular weight is 256 g/mol. The Morgan fingerprint density at radius 1 is 1.26 bits per heavy atom. The number of carbonyl (C=O) groups is 1. The fraction of sp³-hybridized carbons (Fsp3) is 0.438. The van der Waals surface area contributed by atoms with Crippen molar-refractivity contribution in [1.82, 2.24) is 10.9 Å². The molecule has 0 aromatic heterocycles. The van der Waals surface area contributed by atoms with E-state index >= 15 is 0 Å². The van der Waals surface area contributed by atoms with Gasteiger partial charge in [0.25, 0.3) is 0 Å². The van der Waals surface area contributed by atoms with Gasteiger partial charge in [-0.05, 0) is 48.7 Å². The number of hydrazine groups is 1. The topological polar surface area (TPSA) is 41.1 Å². The first-order valence-corrected chi connectivity index (χ1v) is 7.08. The Hall–Kier alpha value is -1.77. The molecular formula is C16H20N2O. The van der Waals surface area contributed by atoms with Crippen LogP contribution in [0.5, 0.6) is 0 Å². The number of hydrogen-bond acceptors (Lipinski definition) is 2. The molecule has 0 unspecified atom stereocenters. The minimum absolute atomic E-state index is 0.00575. The first-order chi connectivity index (χ1) is 9.31. The number of fused-ring (bicyclic) bond motifs is 2. The minimum Gasteiger partial charge on any atom is -0.306 e. The van der Waals surface area contributed by atoms with E-state index in [-0.39, 0.29) is 5.91 Å². The maximum Gasteiger partial charge on any atom is 0.242 e. The molecule has 3 nitrogen and oxygen atoms in total. The maximum absolute atomic E-state index is 11.7. The summed E-state index contributed by atoms with van der Waals surface area (Å²) in [5.41, 5.74) is 8.24. The fourth-order valence-electron chi connectivity index (χ4n) is 3.31. The van der Waals surface area contributed by atoms with Crippen molar-refractivity contribution >= 4 is 5.91 Å². The van der Waals surface area contributed by atoms with E-state index in [4.69, 9.17) is 0 Å². The van der Waals surface area contributed by atoms with E-state index in [1.807, 2.05) is 36.5 Å². The molecule has 2 fully saturated rings. The molecule has 0 radical (unpaired) electrons. The molecule has 3 rings (SSSR count). The molecule has 2 bridgehead atoms. The summed E-state index contributed by atoms with van der Waals surface area (Å²) in [6.07, 6.45) is 7.71. The average Bonchev–Trinajstić information content (AvgIpc) is 3.02. The molecule has 2 atom stereocenters. The number of benzene rings is 1. The van der Waals surface area contributed by atoms with E-state index in [0.717, 1.165) is 17.4 Å². The van der Waals surface area contributed by atoms with Crippen LogP contribution in [0.3, 0.4) is 0 Å². The van der Waals surface area contributed by atoms with Gasteiger partial charge in [-0.15, -0.1) is 0 Å². The van der Waals surface area contributed by atoms with Crippen LogP contribution in [0.1, 0.15) is 31.2 Å². The molecule has 0 heterocycles. The number of amides is 1. The van der Waals surface area contributed by atoms with Gasteiger partial charge in [0.15, 0.2) is 0 Å². The third kappa shape index (κ3) is 2.98. The van der Waals surface area contributed by atoms with E-state index in [0.29, 0.717) is 6.42 Å². The second-order valence-corrected chi connectivity index (χ2v) is 5.65. The van der Waals surface area contributed by atoms with Gasteiger partial charge in [-0.3, -0.25) is 10.2 Å². The first kappa shape index (κ1) is 12.3. The van der Waals surface area contributed by atoms with Crippen LogP contribution in [-0.4, -0.2) is 5.91 Å². The molecule has 1 aromatic rings. The van der Waals surface area contributed by atoms with Crippen LogP contribution in [0.25, 0.3) is 0 Å². The molecule has 1 aromatic carbocycles. The van der Waals surface area contributed by atoms with E-state index < -0.39 is 0 Å². The quantitative estimate of drug-likeness (QED) is 0.813. The lowest BCUT2D eigenvalue weighted by Crippen LogP contribution is -2.35. The van der Waals surface area contributed by atoms with Crippen LogP contribution in [0.4, 0.5) is 0 Å². The molecule has 1 amide bonds. The second kappa shape index (κ2) is 5.47. The Morgan fingerprint density at radius 2 is 2.11 bits per heavy atom. The summed E-state index contributed by atoms with van der Waals surface area (Å²) in [5.74, 6) is 1.67. The predicted octanol–water partition coefficient (Wildman–Crippen LogP) is 2.55. The molecule has 2 aliphatic rings. The van der Waals surface area contributed by atoms with Crippen molar-refractivity contribution < 1.29 is 4.79 Å². The highest BCUT2D eigenvalue weighted by Crippen LogP contribution is 2.47. The smallest absolute Gasteiger partial charge is 0.242 e.